The molecule has 4 heterocycles. The van der Waals surface area contributed by atoms with Gasteiger partial charge in [0, 0.05) is 64.3 Å². The van der Waals surface area contributed by atoms with Crippen molar-refractivity contribution in [1.82, 2.24) is 4.98 Å². The number of furan rings is 2. The molecule has 0 saturated heterocycles. The van der Waals surface area contributed by atoms with Crippen LogP contribution in [0.25, 0.3) is 86.6 Å². The molecule has 230 valence electrons. The number of oxazole rings is 1. The number of rotatable bonds is 4. The van der Waals surface area contributed by atoms with Gasteiger partial charge in [-0.25, -0.2) is 4.98 Å². The first-order chi connectivity index (χ1) is 24.2. The molecule has 11 aromatic rings. The highest BCUT2D eigenvalue weighted by molar-refractivity contribution is 7.26. The third-order valence-electron chi connectivity index (χ3n) is 9.50. The van der Waals surface area contributed by atoms with Crippen molar-refractivity contribution < 1.29 is 13.3 Å². The molecule has 0 aliphatic rings. The molecule has 0 saturated carbocycles. The van der Waals surface area contributed by atoms with Crippen molar-refractivity contribution in [1.29, 1.82) is 0 Å². The molecule has 0 unspecified atom stereocenters. The van der Waals surface area contributed by atoms with E-state index in [-0.39, 0.29) is 0 Å². The lowest BCUT2D eigenvalue weighted by atomic mass is 10.0. The van der Waals surface area contributed by atoms with Gasteiger partial charge in [0.25, 0.3) is 0 Å². The summed E-state index contributed by atoms with van der Waals surface area (Å²) in [6.45, 7) is 0. The first-order valence-electron chi connectivity index (χ1n) is 16.2. The summed E-state index contributed by atoms with van der Waals surface area (Å²) in [7, 11) is 0. The van der Waals surface area contributed by atoms with Gasteiger partial charge >= 0.3 is 0 Å². The SMILES string of the molecule is c1ccc2oc(-c3cccc4sc5cc(N(c6ccc7oc8ccccc8c7c6)c6ccc7oc8ccccc8c7c6)ccc5c34)nc2c1. The van der Waals surface area contributed by atoms with Crippen molar-refractivity contribution in [3.8, 4) is 11.5 Å². The smallest absolute Gasteiger partial charge is 0.227 e. The molecule has 0 radical (unpaired) electrons. The molecule has 0 amide bonds. The normalized spacial score (nSPS) is 12.1. The molecule has 0 bridgehead atoms. The second-order valence-corrected chi connectivity index (χ2v) is 13.4. The van der Waals surface area contributed by atoms with Crippen LogP contribution in [0.1, 0.15) is 0 Å². The number of hydrogen-bond acceptors (Lipinski definition) is 6. The molecule has 0 fully saturated rings. The van der Waals surface area contributed by atoms with Crippen molar-refractivity contribution in [3.63, 3.8) is 0 Å². The van der Waals surface area contributed by atoms with Gasteiger partial charge in [-0.15, -0.1) is 11.3 Å². The first-order valence-corrected chi connectivity index (χ1v) is 17.0. The van der Waals surface area contributed by atoms with Crippen molar-refractivity contribution in [2.75, 3.05) is 4.90 Å². The van der Waals surface area contributed by atoms with Gasteiger partial charge in [-0.2, -0.15) is 0 Å². The molecule has 49 heavy (non-hydrogen) atoms. The largest absolute Gasteiger partial charge is 0.456 e. The number of hydrogen-bond donors (Lipinski definition) is 0. The second kappa shape index (κ2) is 10.1. The fraction of sp³-hybridized carbons (Fsp3) is 0. The Bertz CT molecular complexity index is 2940. The van der Waals surface area contributed by atoms with E-state index < -0.39 is 0 Å². The zero-order valence-electron chi connectivity index (χ0n) is 25.9. The lowest BCUT2D eigenvalue weighted by molar-refractivity contribution is 0.620. The van der Waals surface area contributed by atoms with E-state index in [1.807, 2.05) is 48.5 Å². The Labute approximate surface area is 282 Å². The van der Waals surface area contributed by atoms with E-state index in [0.717, 1.165) is 83.0 Å². The molecule has 0 aliphatic heterocycles. The average Bonchev–Trinajstić information content (AvgIpc) is 3.92. The topological polar surface area (TPSA) is 55.6 Å². The van der Waals surface area contributed by atoms with Crippen LogP contribution in [0.3, 0.4) is 0 Å². The van der Waals surface area contributed by atoms with Gasteiger partial charge in [0.1, 0.15) is 27.8 Å². The van der Waals surface area contributed by atoms with Gasteiger partial charge in [-0.1, -0.05) is 60.7 Å². The van der Waals surface area contributed by atoms with Crippen LogP contribution in [0, 0.1) is 0 Å². The highest BCUT2D eigenvalue weighted by Crippen LogP contribution is 2.45. The van der Waals surface area contributed by atoms with Gasteiger partial charge in [-0.3, -0.25) is 0 Å². The maximum absolute atomic E-state index is 6.25. The van der Waals surface area contributed by atoms with E-state index in [2.05, 4.69) is 102 Å². The van der Waals surface area contributed by atoms with E-state index in [1.54, 1.807) is 11.3 Å². The summed E-state index contributed by atoms with van der Waals surface area (Å²) >= 11 is 1.78. The van der Waals surface area contributed by atoms with E-state index in [4.69, 9.17) is 18.2 Å². The summed E-state index contributed by atoms with van der Waals surface area (Å²) in [5, 5.41) is 6.70. The fourth-order valence-corrected chi connectivity index (χ4v) is 8.44. The number of anilines is 3. The monoisotopic (exact) mass is 648 g/mol. The number of thiophene rings is 1. The van der Waals surface area contributed by atoms with Crippen molar-refractivity contribution in [2.45, 2.75) is 0 Å². The highest BCUT2D eigenvalue weighted by atomic mass is 32.1. The molecule has 0 N–H and O–H groups in total. The average molecular weight is 649 g/mol. The number of aromatic nitrogens is 1. The predicted molar refractivity (Wildman–Crippen MR) is 202 cm³/mol. The van der Waals surface area contributed by atoms with Crippen LogP contribution in [0.2, 0.25) is 0 Å². The summed E-state index contributed by atoms with van der Waals surface area (Å²) in [5.74, 6) is 0.637. The summed E-state index contributed by atoms with van der Waals surface area (Å²) in [6, 6.07) is 50.4. The standard InChI is InChI=1S/C43H24N2O3S/c1-4-12-35-28(8-1)32-22-25(17-20-37(32)46-35)45(26-18-21-38-33(23-26)29-9-2-5-13-36(29)47-38)27-16-19-30-41(24-27)49-40-15-7-10-31(42(30)40)43-44-34-11-3-6-14-39(34)48-43/h1-24H. The van der Waals surface area contributed by atoms with Gasteiger partial charge in [0.2, 0.25) is 5.89 Å². The minimum absolute atomic E-state index is 0.637. The molecular weight excluding hydrogens is 625 g/mol. The van der Waals surface area contributed by atoms with E-state index in [0.29, 0.717) is 5.89 Å². The molecule has 0 atom stereocenters. The number of benzene rings is 7. The van der Waals surface area contributed by atoms with Crippen LogP contribution >= 0.6 is 11.3 Å². The minimum atomic E-state index is 0.637. The second-order valence-electron chi connectivity index (χ2n) is 12.3. The minimum Gasteiger partial charge on any atom is -0.456 e. The third-order valence-corrected chi connectivity index (χ3v) is 10.6. The Kier molecular flexibility index (Phi) is 5.48. The third kappa shape index (κ3) is 4.01. The van der Waals surface area contributed by atoms with Gasteiger partial charge in [0.15, 0.2) is 5.58 Å². The Balaban J connectivity index is 1.13. The Morgan fingerprint density at radius 1 is 0.429 bits per heavy atom. The first kappa shape index (κ1) is 26.7. The fourth-order valence-electron chi connectivity index (χ4n) is 7.27. The number of para-hydroxylation sites is 4. The van der Waals surface area contributed by atoms with Crippen molar-refractivity contribution >= 4 is 104 Å². The van der Waals surface area contributed by atoms with E-state index in [9.17, 15) is 0 Å². The molecule has 6 heteroatoms. The summed E-state index contributed by atoms with van der Waals surface area (Å²) in [6.07, 6.45) is 0. The zero-order valence-corrected chi connectivity index (χ0v) is 26.7. The van der Waals surface area contributed by atoms with E-state index in [1.165, 1.54) is 14.8 Å². The lowest BCUT2D eigenvalue weighted by Gasteiger charge is -2.25. The lowest BCUT2D eigenvalue weighted by Crippen LogP contribution is -2.09. The Hall–Kier alpha value is -6.37. The van der Waals surface area contributed by atoms with Crippen LogP contribution < -0.4 is 4.90 Å². The maximum atomic E-state index is 6.25. The Morgan fingerprint density at radius 2 is 1.02 bits per heavy atom. The Morgan fingerprint density at radius 3 is 1.71 bits per heavy atom. The van der Waals surface area contributed by atoms with E-state index >= 15 is 0 Å². The zero-order chi connectivity index (χ0) is 32.1. The molecule has 5 nitrogen and oxygen atoms in total. The van der Waals surface area contributed by atoms with Crippen LogP contribution in [0.4, 0.5) is 17.1 Å². The molecule has 11 rings (SSSR count). The van der Waals surface area contributed by atoms with Crippen LogP contribution in [-0.2, 0) is 0 Å². The van der Waals surface area contributed by atoms with Gasteiger partial charge in [0.05, 0.1) is 0 Å². The summed E-state index contributed by atoms with van der Waals surface area (Å²) < 4.78 is 21.0. The molecular formula is C43H24N2O3S. The summed E-state index contributed by atoms with van der Waals surface area (Å²) in [4.78, 5) is 7.17. The van der Waals surface area contributed by atoms with Crippen LogP contribution in [0.5, 0.6) is 0 Å². The molecule has 7 aromatic carbocycles. The highest BCUT2D eigenvalue weighted by Gasteiger charge is 2.20. The van der Waals surface area contributed by atoms with Gasteiger partial charge in [-0.05, 0) is 84.9 Å². The van der Waals surface area contributed by atoms with Crippen molar-refractivity contribution in [3.05, 3.63) is 146 Å². The number of fused-ring (bicyclic) bond motifs is 10. The van der Waals surface area contributed by atoms with Gasteiger partial charge < -0.3 is 18.2 Å². The van der Waals surface area contributed by atoms with Crippen LogP contribution in [-0.4, -0.2) is 4.98 Å². The maximum Gasteiger partial charge on any atom is 0.227 e. The molecule has 4 aromatic heterocycles. The molecule has 0 aliphatic carbocycles. The summed E-state index contributed by atoms with van der Waals surface area (Å²) in [5.41, 5.74) is 9.29. The number of nitrogens with zero attached hydrogens (tertiary/aromatic N) is 2. The van der Waals surface area contributed by atoms with Crippen molar-refractivity contribution in [2.24, 2.45) is 0 Å². The quantitative estimate of drug-likeness (QED) is 0.190. The van der Waals surface area contributed by atoms with Crippen LogP contribution in [0.15, 0.2) is 159 Å². The molecule has 0 spiro atoms. The predicted octanol–water partition coefficient (Wildman–Crippen LogP) is 13.1.